The molecule has 1 atom stereocenters. The van der Waals surface area contributed by atoms with Crippen molar-refractivity contribution in [3.05, 3.63) is 29.6 Å². The van der Waals surface area contributed by atoms with Crippen LogP contribution in [0.2, 0.25) is 0 Å². The zero-order valence-electron chi connectivity index (χ0n) is 15.1. The van der Waals surface area contributed by atoms with E-state index in [0.717, 1.165) is 31.6 Å². The Hall–Kier alpha value is -2.44. The first-order valence-electron chi connectivity index (χ1n) is 8.92. The van der Waals surface area contributed by atoms with Gasteiger partial charge in [-0.15, -0.1) is 10.2 Å². The second kappa shape index (κ2) is 7.63. The van der Waals surface area contributed by atoms with E-state index >= 15 is 0 Å². The summed E-state index contributed by atoms with van der Waals surface area (Å²) in [5.41, 5.74) is 1.53. The predicted octanol–water partition coefficient (Wildman–Crippen LogP) is 2.50. The number of hydrogen-bond acceptors (Lipinski definition) is 5. The van der Waals surface area contributed by atoms with E-state index < -0.39 is 0 Å². The SMILES string of the molecule is CCc1c(C(=O)N2CCC[C@@H](CC)C2)cnn1-c1ccc(OC)nn1. The third-order valence-electron chi connectivity index (χ3n) is 4.87. The molecule has 0 unspecified atom stereocenters. The summed E-state index contributed by atoms with van der Waals surface area (Å²) >= 11 is 0. The van der Waals surface area contributed by atoms with Crippen LogP contribution in [0.25, 0.3) is 5.82 Å². The van der Waals surface area contributed by atoms with E-state index in [0.29, 0.717) is 29.6 Å². The Kier molecular flexibility index (Phi) is 5.31. The molecule has 134 valence electrons. The van der Waals surface area contributed by atoms with Crippen molar-refractivity contribution in [3.8, 4) is 11.7 Å². The fraction of sp³-hybridized carbons (Fsp3) is 0.556. The molecular weight excluding hydrogens is 318 g/mol. The van der Waals surface area contributed by atoms with Gasteiger partial charge in [-0.3, -0.25) is 4.79 Å². The molecule has 1 fully saturated rings. The van der Waals surface area contributed by atoms with Gasteiger partial charge < -0.3 is 9.64 Å². The molecule has 25 heavy (non-hydrogen) atoms. The van der Waals surface area contributed by atoms with E-state index in [-0.39, 0.29) is 5.91 Å². The van der Waals surface area contributed by atoms with Gasteiger partial charge in [0.2, 0.25) is 5.88 Å². The van der Waals surface area contributed by atoms with Gasteiger partial charge in [-0.25, -0.2) is 4.68 Å². The van der Waals surface area contributed by atoms with Crippen molar-refractivity contribution in [1.29, 1.82) is 0 Å². The van der Waals surface area contributed by atoms with Crippen molar-refractivity contribution >= 4 is 5.91 Å². The van der Waals surface area contributed by atoms with Crippen LogP contribution in [0.15, 0.2) is 18.3 Å². The van der Waals surface area contributed by atoms with Crippen molar-refractivity contribution in [2.24, 2.45) is 5.92 Å². The van der Waals surface area contributed by atoms with E-state index in [1.807, 2.05) is 11.8 Å². The summed E-state index contributed by atoms with van der Waals surface area (Å²) in [6, 6.07) is 3.53. The number of rotatable bonds is 5. The van der Waals surface area contributed by atoms with E-state index in [4.69, 9.17) is 4.74 Å². The van der Waals surface area contributed by atoms with Crippen LogP contribution >= 0.6 is 0 Å². The van der Waals surface area contributed by atoms with Gasteiger partial charge >= 0.3 is 0 Å². The highest BCUT2D eigenvalue weighted by Gasteiger charge is 2.27. The van der Waals surface area contributed by atoms with Crippen LogP contribution in [0.5, 0.6) is 5.88 Å². The van der Waals surface area contributed by atoms with Crippen molar-refractivity contribution in [2.75, 3.05) is 20.2 Å². The largest absolute Gasteiger partial charge is 0.480 e. The Morgan fingerprint density at radius 1 is 1.32 bits per heavy atom. The molecule has 2 aromatic heterocycles. The molecule has 1 aliphatic rings. The molecule has 0 radical (unpaired) electrons. The van der Waals surface area contributed by atoms with E-state index in [1.165, 1.54) is 6.42 Å². The number of amides is 1. The Labute approximate surface area is 148 Å². The summed E-state index contributed by atoms with van der Waals surface area (Å²) in [4.78, 5) is 15.0. The Morgan fingerprint density at radius 3 is 2.80 bits per heavy atom. The van der Waals surface area contributed by atoms with Crippen LogP contribution in [0.3, 0.4) is 0 Å². The smallest absolute Gasteiger partial charge is 0.257 e. The lowest BCUT2D eigenvalue weighted by atomic mass is 9.95. The first-order chi connectivity index (χ1) is 12.2. The van der Waals surface area contributed by atoms with E-state index in [9.17, 15) is 4.79 Å². The molecule has 1 saturated heterocycles. The molecule has 7 heteroatoms. The maximum absolute atomic E-state index is 13.0. The average molecular weight is 343 g/mol. The highest BCUT2D eigenvalue weighted by molar-refractivity contribution is 5.95. The molecule has 0 spiro atoms. The van der Waals surface area contributed by atoms with Gasteiger partial charge in [0.1, 0.15) is 0 Å². The molecule has 0 bridgehead atoms. The standard InChI is InChI=1S/C18H25N5O2/c1-4-13-7-6-10-22(12-13)18(24)14-11-19-23(15(14)5-2)16-8-9-17(25-3)21-20-16/h8-9,11,13H,4-7,10,12H2,1-3H3/t13-/m1/s1. The molecule has 0 N–H and O–H groups in total. The van der Waals surface area contributed by atoms with Gasteiger partial charge in [0.05, 0.1) is 24.6 Å². The molecule has 3 heterocycles. The monoisotopic (exact) mass is 343 g/mol. The van der Waals surface area contributed by atoms with Crippen LogP contribution in [-0.4, -0.2) is 51.0 Å². The molecule has 2 aromatic rings. The highest BCUT2D eigenvalue weighted by atomic mass is 16.5. The summed E-state index contributed by atoms with van der Waals surface area (Å²) < 4.78 is 6.74. The van der Waals surface area contributed by atoms with Crippen LogP contribution in [0.4, 0.5) is 0 Å². The minimum Gasteiger partial charge on any atom is -0.480 e. The first-order valence-corrected chi connectivity index (χ1v) is 8.92. The van der Waals surface area contributed by atoms with Crippen molar-refractivity contribution in [2.45, 2.75) is 39.5 Å². The summed E-state index contributed by atoms with van der Waals surface area (Å²) in [6.07, 6.45) is 5.75. The summed E-state index contributed by atoms with van der Waals surface area (Å²) in [5, 5.41) is 12.5. The number of ether oxygens (including phenoxy) is 1. The Balaban J connectivity index is 1.87. The lowest BCUT2D eigenvalue weighted by molar-refractivity contribution is 0.0670. The van der Waals surface area contributed by atoms with Gasteiger partial charge in [-0.2, -0.15) is 5.10 Å². The number of aromatic nitrogens is 4. The summed E-state index contributed by atoms with van der Waals surface area (Å²) in [6.45, 7) is 5.88. The van der Waals surface area contributed by atoms with Crippen molar-refractivity contribution in [3.63, 3.8) is 0 Å². The minimum atomic E-state index is 0.0720. The second-order valence-electron chi connectivity index (χ2n) is 6.37. The molecule has 1 aliphatic heterocycles. The third kappa shape index (κ3) is 3.50. The van der Waals surface area contributed by atoms with Crippen molar-refractivity contribution in [1.82, 2.24) is 24.9 Å². The normalized spacial score (nSPS) is 17.6. The minimum absolute atomic E-state index is 0.0720. The lowest BCUT2D eigenvalue weighted by Gasteiger charge is -2.32. The van der Waals surface area contributed by atoms with E-state index in [2.05, 4.69) is 22.2 Å². The number of nitrogens with zero attached hydrogens (tertiary/aromatic N) is 5. The topological polar surface area (TPSA) is 73.1 Å². The summed E-state index contributed by atoms with van der Waals surface area (Å²) in [7, 11) is 1.55. The third-order valence-corrected chi connectivity index (χ3v) is 4.87. The quantitative estimate of drug-likeness (QED) is 0.834. The molecule has 3 rings (SSSR count). The molecule has 7 nitrogen and oxygen atoms in total. The first kappa shape index (κ1) is 17.4. The molecule has 0 saturated carbocycles. The molecule has 0 aliphatic carbocycles. The average Bonchev–Trinajstić information content (AvgIpc) is 3.11. The number of hydrogen-bond donors (Lipinski definition) is 0. The fourth-order valence-electron chi connectivity index (χ4n) is 3.38. The molecule has 0 aromatic carbocycles. The maximum Gasteiger partial charge on any atom is 0.257 e. The Bertz CT molecular complexity index is 726. The predicted molar refractivity (Wildman–Crippen MR) is 94.0 cm³/mol. The van der Waals surface area contributed by atoms with Crippen LogP contribution in [0, 0.1) is 5.92 Å². The zero-order valence-corrected chi connectivity index (χ0v) is 15.1. The molecular formula is C18H25N5O2. The lowest BCUT2D eigenvalue weighted by Crippen LogP contribution is -2.40. The van der Waals surface area contributed by atoms with Gasteiger partial charge in [0.15, 0.2) is 5.82 Å². The maximum atomic E-state index is 13.0. The second-order valence-corrected chi connectivity index (χ2v) is 6.37. The van der Waals surface area contributed by atoms with E-state index in [1.54, 1.807) is 30.1 Å². The number of piperidine rings is 1. The van der Waals surface area contributed by atoms with Gasteiger partial charge in [0.25, 0.3) is 5.91 Å². The Morgan fingerprint density at radius 2 is 2.16 bits per heavy atom. The van der Waals surface area contributed by atoms with Gasteiger partial charge in [0, 0.05) is 19.2 Å². The number of carbonyl (C=O) groups is 1. The van der Waals surface area contributed by atoms with Crippen LogP contribution < -0.4 is 4.74 Å². The number of carbonyl (C=O) groups excluding carboxylic acids is 1. The van der Waals surface area contributed by atoms with Crippen LogP contribution in [-0.2, 0) is 6.42 Å². The molecule has 1 amide bonds. The summed E-state index contributed by atoms with van der Waals surface area (Å²) in [5.74, 6) is 1.71. The number of methoxy groups -OCH3 is 1. The fourth-order valence-corrected chi connectivity index (χ4v) is 3.38. The van der Waals surface area contributed by atoms with Gasteiger partial charge in [-0.1, -0.05) is 20.3 Å². The van der Waals surface area contributed by atoms with Gasteiger partial charge in [-0.05, 0) is 31.2 Å². The highest BCUT2D eigenvalue weighted by Crippen LogP contribution is 2.23. The van der Waals surface area contributed by atoms with Crippen LogP contribution in [0.1, 0.15) is 49.2 Å². The van der Waals surface area contributed by atoms with Crippen molar-refractivity contribution < 1.29 is 9.53 Å². The number of likely N-dealkylation sites (tertiary alicyclic amines) is 1. The zero-order chi connectivity index (χ0) is 17.8.